The molecule has 1 aromatic rings. The molecule has 3 rings (SSSR count). The molecule has 1 aromatic carbocycles. The minimum Gasteiger partial charge on any atom is -0.750 e. The van der Waals surface area contributed by atoms with Crippen molar-refractivity contribution in [1.29, 1.82) is 0 Å². The summed E-state index contributed by atoms with van der Waals surface area (Å²) in [5, 5.41) is 0. The Morgan fingerprint density at radius 1 is 1.30 bits per heavy atom. The maximum Gasteiger partial charge on any atom is 0.248 e. The van der Waals surface area contributed by atoms with E-state index in [0.29, 0.717) is 19.4 Å². The van der Waals surface area contributed by atoms with Gasteiger partial charge in [-0.15, -0.1) is 0 Å². The van der Waals surface area contributed by atoms with E-state index >= 15 is 0 Å². The van der Waals surface area contributed by atoms with Crippen molar-refractivity contribution in [3.05, 3.63) is 42.2 Å². The molecule has 1 saturated carbocycles. The molecule has 0 spiro atoms. The first-order valence-electron chi connectivity index (χ1n) is 9.19. The highest BCUT2D eigenvalue weighted by atomic mass is 32.2. The Morgan fingerprint density at radius 2 is 1.93 bits per heavy atom. The van der Waals surface area contributed by atoms with E-state index in [1.807, 2.05) is 53.3 Å². The van der Waals surface area contributed by atoms with Gasteiger partial charge in [-0.05, 0) is 44.7 Å². The lowest BCUT2D eigenvalue weighted by atomic mass is 9.86. The molecule has 3 atom stereocenters. The highest BCUT2D eigenvalue weighted by Crippen LogP contribution is 2.38. The van der Waals surface area contributed by atoms with E-state index in [2.05, 4.69) is 0 Å². The fraction of sp³-hybridized carbons (Fsp3) is 0.579. The Balaban J connectivity index is 1.80. The fourth-order valence-corrected chi connectivity index (χ4v) is 4.42. The number of hydrogen-bond donors (Lipinski definition) is 0. The van der Waals surface area contributed by atoms with Gasteiger partial charge in [-0.1, -0.05) is 18.2 Å². The van der Waals surface area contributed by atoms with Gasteiger partial charge in [0.2, 0.25) is 5.92 Å². The standard InChI is InChI=1S/C19H26F2N2O3S/c1-14-12-22(13-16-8-10-19(20,21)11-9-16)18(15(2)26-27(24)25)23(14)17-6-4-3-5-7-17/h3-7,12,15-16,18H,8-11,13H2,1-2H3,(H,24,25)/p-1. The van der Waals surface area contributed by atoms with Gasteiger partial charge in [-0.2, -0.15) is 0 Å². The summed E-state index contributed by atoms with van der Waals surface area (Å²) >= 11 is -2.63. The summed E-state index contributed by atoms with van der Waals surface area (Å²) in [6, 6.07) is 9.66. The molecule has 0 radical (unpaired) electrons. The lowest BCUT2D eigenvalue weighted by molar-refractivity contribution is -0.0492. The van der Waals surface area contributed by atoms with Crippen LogP contribution in [0.1, 0.15) is 39.5 Å². The van der Waals surface area contributed by atoms with Crippen molar-refractivity contribution in [2.75, 3.05) is 11.4 Å². The van der Waals surface area contributed by atoms with Gasteiger partial charge in [0.25, 0.3) is 0 Å². The Labute approximate surface area is 161 Å². The smallest absolute Gasteiger partial charge is 0.248 e. The summed E-state index contributed by atoms with van der Waals surface area (Å²) in [4.78, 5) is 4.07. The van der Waals surface area contributed by atoms with Crippen molar-refractivity contribution in [1.82, 2.24) is 4.90 Å². The van der Waals surface area contributed by atoms with Crippen molar-refractivity contribution in [3.63, 3.8) is 0 Å². The summed E-state index contributed by atoms with van der Waals surface area (Å²) in [5.74, 6) is -2.41. The third-order valence-corrected chi connectivity index (χ3v) is 5.79. The van der Waals surface area contributed by atoms with Crippen LogP contribution in [0, 0.1) is 5.92 Å². The van der Waals surface area contributed by atoms with Crippen LogP contribution in [-0.2, 0) is 15.5 Å². The van der Waals surface area contributed by atoms with Crippen molar-refractivity contribution < 1.29 is 21.7 Å². The first kappa shape index (κ1) is 20.2. The number of halogens is 2. The number of alkyl halides is 2. The summed E-state index contributed by atoms with van der Waals surface area (Å²) in [7, 11) is 0. The number of nitrogens with zero attached hydrogens (tertiary/aromatic N) is 2. The zero-order valence-electron chi connectivity index (χ0n) is 15.5. The van der Waals surface area contributed by atoms with Crippen LogP contribution in [0.3, 0.4) is 0 Å². The minimum absolute atomic E-state index is 0.0854. The van der Waals surface area contributed by atoms with E-state index in [-0.39, 0.29) is 24.9 Å². The van der Waals surface area contributed by atoms with E-state index in [1.54, 1.807) is 6.92 Å². The Morgan fingerprint density at radius 3 is 2.52 bits per heavy atom. The van der Waals surface area contributed by atoms with Crippen LogP contribution >= 0.6 is 0 Å². The Bertz CT molecular complexity index is 691. The van der Waals surface area contributed by atoms with E-state index in [0.717, 1.165) is 11.4 Å². The number of allylic oxidation sites excluding steroid dienone is 1. The van der Waals surface area contributed by atoms with Gasteiger partial charge in [0.15, 0.2) is 0 Å². The Kier molecular flexibility index (Phi) is 6.18. The van der Waals surface area contributed by atoms with Gasteiger partial charge in [0.05, 0.1) is 11.4 Å². The lowest BCUT2D eigenvalue weighted by Gasteiger charge is -2.40. The molecule has 3 unspecified atom stereocenters. The molecule has 5 nitrogen and oxygen atoms in total. The van der Waals surface area contributed by atoms with E-state index in [4.69, 9.17) is 4.18 Å². The molecule has 8 heteroatoms. The molecule has 2 aliphatic rings. The molecule has 0 bridgehead atoms. The first-order chi connectivity index (χ1) is 12.8. The monoisotopic (exact) mass is 399 g/mol. The van der Waals surface area contributed by atoms with Crippen molar-refractivity contribution in [3.8, 4) is 0 Å². The van der Waals surface area contributed by atoms with Gasteiger partial charge in [-0.3, -0.25) is 4.18 Å². The zero-order chi connectivity index (χ0) is 19.6. The normalized spacial score (nSPS) is 25.4. The van der Waals surface area contributed by atoms with Crippen LogP contribution in [0.15, 0.2) is 42.2 Å². The summed E-state index contributed by atoms with van der Waals surface area (Å²) < 4.78 is 54.2. The van der Waals surface area contributed by atoms with Crippen LogP contribution in [0.5, 0.6) is 0 Å². The fourth-order valence-electron chi connectivity index (χ4n) is 4.08. The summed E-state index contributed by atoms with van der Waals surface area (Å²) in [6.07, 6.45) is 1.76. The molecule has 0 saturated heterocycles. The van der Waals surface area contributed by atoms with E-state index < -0.39 is 23.4 Å². The highest BCUT2D eigenvalue weighted by Gasteiger charge is 2.40. The quantitative estimate of drug-likeness (QED) is 0.677. The van der Waals surface area contributed by atoms with Crippen LogP contribution in [0.2, 0.25) is 0 Å². The van der Waals surface area contributed by atoms with Gasteiger partial charge in [0, 0.05) is 37.0 Å². The average molecular weight is 399 g/mol. The first-order valence-corrected chi connectivity index (χ1v) is 10.2. The third-order valence-electron chi connectivity index (χ3n) is 5.33. The molecule has 1 aliphatic carbocycles. The number of benzene rings is 1. The summed E-state index contributed by atoms with van der Waals surface area (Å²) in [6.45, 7) is 4.27. The van der Waals surface area contributed by atoms with Gasteiger partial charge in [-0.25, -0.2) is 13.0 Å². The van der Waals surface area contributed by atoms with Crippen LogP contribution in [-0.4, -0.2) is 38.4 Å². The molecule has 27 heavy (non-hydrogen) atoms. The number of rotatable bonds is 6. The van der Waals surface area contributed by atoms with E-state index in [9.17, 15) is 17.5 Å². The maximum atomic E-state index is 13.5. The second kappa shape index (κ2) is 8.24. The average Bonchev–Trinajstić information content (AvgIpc) is 2.93. The van der Waals surface area contributed by atoms with Gasteiger partial charge >= 0.3 is 0 Å². The molecule has 0 aromatic heterocycles. The van der Waals surface area contributed by atoms with Gasteiger partial charge < -0.3 is 14.4 Å². The van der Waals surface area contributed by atoms with Crippen molar-refractivity contribution in [2.24, 2.45) is 5.92 Å². The molecular formula is C19H25F2N2O3S-. The predicted molar refractivity (Wildman–Crippen MR) is 99.5 cm³/mol. The second-order valence-electron chi connectivity index (χ2n) is 7.39. The molecule has 1 heterocycles. The highest BCUT2D eigenvalue weighted by molar-refractivity contribution is 7.74. The van der Waals surface area contributed by atoms with Crippen LogP contribution in [0.4, 0.5) is 14.5 Å². The largest absolute Gasteiger partial charge is 0.750 e. The predicted octanol–water partition coefficient (Wildman–Crippen LogP) is 4.02. The number of hydrogen-bond acceptors (Lipinski definition) is 5. The lowest BCUT2D eigenvalue weighted by Crippen LogP contribution is -2.50. The number of anilines is 1. The van der Waals surface area contributed by atoms with Crippen LogP contribution in [0.25, 0.3) is 0 Å². The minimum atomic E-state index is -2.63. The van der Waals surface area contributed by atoms with Crippen LogP contribution < -0.4 is 4.90 Å². The molecule has 1 fully saturated rings. The van der Waals surface area contributed by atoms with Crippen molar-refractivity contribution in [2.45, 2.75) is 57.7 Å². The topological polar surface area (TPSA) is 55.8 Å². The number of para-hydroxylation sites is 1. The Hall–Kier alpha value is -1.51. The van der Waals surface area contributed by atoms with E-state index in [1.165, 1.54) is 0 Å². The molecule has 0 amide bonds. The van der Waals surface area contributed by atoms with Crippen molar-refractivity contribution >= 4 is 17.0 Å². The maximum absolute atomic E-state index is 13.5. The SMILES string of the molecule is CC1=CN(CC2CCC(F)(F)CC2)C(C(C)OS(=O)[O-])N1c1ccccc1. The second-order valence-corrected chi connectivity index (χ2v) is 7.99. The molecule has 0 N–H and O–H groups in total. The summed E-state index contributed by atoms with van der Waals surface area (Å²) in [5.41, 5.74) is 1.89. The molecule has 150 valence electrons. The zero-order valence-corrected chi connectivity index (χ0v) is 16.3. The molecular weight excluding hydrogens is 374 g/mol. The van der Waals surface area contributed by atoms with Gasteiger partial charge in [0.1, 0.15) is 12.3 Å². The third kappa shape index (κ3) is 4.86. The molecule has 1 aliphatic heterocycles.